The highest BCUT2D eigenvalue weighted by Gasteiger charge is 2.34. The molecular weight excluding hydrogens is 470 g/mol. The van der Waals surface area contributed by atoms with Crippen LogP contribution >= 0.6 is 11.5 Å². The second kappa shape index (κ2) is 9.46. The second-order valence-electron chi connectivity index (χ2n) is 9.37. The Morgan fingerprint density at radius 3 is 2.77 bits per heavy atom. The number of rotatable bonds is 7. The van der Waals surface area contributed by atoms with E-state index in [0.29, 0.717) is 41.7 Å². The van der Waals surface area contributed by atoms with Gasteiger partial charge in [0.1, 0.15) is 23.5 Å². The topological polar surface area (TPSA) is 128 Å². The largest absolute Gasteiger partial charge is 0.477 e. The number of ether oxygens (including phenoxy) is 1. The maximum Gasteiger partial charge on any atom is 0.341 e. The summed E-state index contributed by atoms with van der Waals surface area (Å²) in [5, 5.41) is 10.2. The molecule has 2 aliphatic heterocycles. The van der Waals surface area contributed by atoms with Crippen molar-refractivity contribution in [2.45, 2.75) is 58.2 Å². The van der Waals surface area contributed by atoms with Gasteiger partial charge >= 0.3 is 5.97 Å². The number of aryl methyl sites for hydroxylation is 1. The molecule has 5 rings (SSSR count). The maximum atomic E-state index is 12.9. The number of hydrogen-bond acceptors (Lipinski definition) is 9. The van der Waals surface area contributed by atoms with Crippen LogP contribution in [0.4, 0.5) is 5.82 Å². The normalized spacial score (nSPS) is 20.7. The zero-order valence-electron chi connectivity index (χ0n) is 19.6. The number of Topliss-reactive ketones (excluding diaryl/α,β-unsaturated/α-hetero) is 1. The number of carboxylic acids is 1. The fourth-order valence-corrected chi connectivity index (χ4v) is 5.41. The lowest BCUT2D eigenvalue weighted by Gasteiger charge is -2.39. The van der Waals surface area contributed by atoms with Crippen LogP contribution in [-0.2, 0) is 9.53 Å². The molecule has 10 nitrogen and oxygen atoms in total. The molecule has 2 fully saturated rings. The molecular formula is C24H27N5O5S. The van der Waals surface area contributed by atoms with Gasteiger partial charge in [-0.1, -0.05) is 0 Å². The predicted molar refractivity (Wildman–Crippen MR) is 131 cm³/mol. The van der Waals surface area contributed by atoms with Crippen LogP contribution in [0.25, 0.3) is 16.2 Å². The van der Waals surface area contributed by atoms with Gasteiger partial charge in [0.25, 0.3) is 0 Å². The van der Waals surface area contributed by atoms with Crippen molar-refractivity contribution in [2.75, 3.05) is 18.0 Å². The standard InChI is InChI=1S/C24H27N5O5S/c1-13-8-19(28-9-15(10-28)18(30)7-6-16-5-3-4-14(2)34-16)27-22-20(13)21(31)17(23(32)33)11-29(22)24-25-12-26-35-24/h8,11-12,14-16H,3-7,9-10H2,1-2H3,(H,32,33). The summed E-state index contributed by atoms with van der Waals surface area (Å²) in [6.07, 6.45) is 7.62. The van der Waals surface area contributed by atoms with Crippen molar-refractivity contribution < 1.29 is 19.4 Å². The van der Waals surface area contributed by atoms with Crippen LogP contribution in [0, 0.1) is 12.8 Å². The fraction of sp³-hybridized carbons (Fsp3) is 0.500. The maximum absolute atomic E-state index is 12.9. The van der Waals surface area contributed by atoms with Crippen molar-refractivity contribution in [3.05, 3.63) is 39.9 Å². The number of carbonyl (C=O) groups excluding carboxylic acids is 1. The first kappa shape index (κ1) is 23.6. The number of fused-ring (bicyclic) bond motifs is 1. The van der Waals surface area contributed by atoms with Crippen molar-refractivity contribution in [1.29, 1.82) is 0 Å². The van der Waals surface area contributed by atoms with E-state index >= 15 is 0 Å². The molecule has 11 heteroatoms. The first-order chi connectivity index (χ1) is 16.8. The van der Waals surface area contributed by atoms with Gasteiger partial charge in [-0.05, 0) is 51.2 Å². The number of carboxylic acid groups (broad SMARTS) is 1. The van der Waals surface area contributed by atoms with Crippen molar-refractivity contribution in [3.63, 3.8) is 0 Å². The monoisotopic (exact) mass is 497 g/mol. The van der Waals surface area contributed by atoms with Gasteiger partial charge in [-0.3, -0.25) is 14.2 Å². The first-order valence-corrected chi connectivity index (χ1v) is 12.6. The summed E-state index contributed by atoms with van der Waals surface area (Å²) >= 11 is 1.08. The van der Waals surface area contributed by atoms with Gasteiger partial charge in [0, 0.05) is 37.2 Å². The predicted octanol–water partition coefficient (Wildman–Crippen LogP) is 2.99. The highest BCUT2D eigenvalue weighted by molar-refractivity contribution is 7.08. The number of nitrogens with zero attached hydrogens (tertiary/aromatic N) is 5. The van der Waals surface area contributed by atoms with Gasteiger partial charge in [-0.2, -0.15) is 4.37 Å². The van der Waals surface area contributed by atoms with Crippen LogP contribution in [0.3, 0.4) is 0 Å². The fourth-order valence-electron chi connectivity index (χ4n) is 4.90. The average molecular weight is 498 g/mol. The molecule has 3 aromatic rings. The van der Waals surface area contributed by atoms with Crippen LogP contribution in [0.1, 0.15) is 54.9 Å². The zero-order valence-corrected chi connectivity index (χ0v) is 20.5. The van der Waals surface area contributed by atoms with E-state index < -0.39 is 11.4 Å². The molecule has 5 heterocycles. The van der Waals surface area contributed by atoms with E-state index in [1.165, 1.54) is 17.1 Å². The van der Waals surface area contributed by atoms with Crippen LogP contribution < -0.4 is 10.3 Å². The van der Waals surface area contributed by atoms with E-state index in [1.807, 2.05) is 4.90 Å². The Morgan fingerprint density at radius 2 is 2.09 bits per heavy atom. The number of anilines is 1. The summed E-state index contributed by atoms with van der Waals surface area (Å²) in [5.74, 6) is -0.467. The number of pyridine rings is 2. The summed E-state index contributed by atoms with van der Waals surface area (Å²) in [6, 6.07) is 1.78. The van der Waals surface area contributed by atoms with E-state index in [-0.39, 0.29) is 34.9 Å². The first-order valence-electron chi connectivity index (χ1n) is 11.8. The minimum Gasteiger partial charge on any atom is -0.477 e. The number of hydrogen-bond donors (Lipinski definition) is 1. The Kier molecular flexibility index (Phi) is 6.37. The van der Waals surface area contributed by atoms with Crippen LogP contribution in [0.5, 0.6) is 0 Å². The summed E-state index contributed by atoms with van der Waals surface area (Å²) in [4.78, 5) is 48.2. The lowest BCUT2D eigenvalue weighted by molar-refractivity contribution is -0.125. The Hall–Kier alpha value is -3.18. The van der Waals surface area contributed by atoms with Gasteiger partial charge < -0.3 is 14.7 Å². The van der Waals surface area contributed by atoms with Crippen molar-refractivity contribution in [1.82, 2.24) is 18.9 Å². The van der Waals surface area contributed by atoms with Crippen molar-refractivity contribution in [2.24, 2.45) is 5.92 Å². The molecule has 2 atom stereocenters. The van der Waals surface area contributed by atoms with E-state index in [9.17, 15) is 19.5 Å². The molecule has 3 aromatic heterocycles. The van der Waals surface area contributed by atoms with Gasteiger partial charge in [0.15, 0.2) is 5.65 Å². The van der Waals surface area contributed by atoms with Crippen LogP contribution in [-0.4, -0.2) is 61.1 Å². The highest BCUT2D eigenvalue weighted by atomic mass is 32.1. The minimum atomic E-state index is -1.31. The molecule has 1 N–H and O–H groups in total. The van der Waals surface area contributed by atoms with E-state index in [0.717, 1.165) is 37.2 Å². The van der Waals surface area contributed by atoms with Crippen molar-refractivity contribution in [3.8, 4) is 5.13 Å². The third kappa shape index (κ3) is 4.57. The summed E-state index contributed by atoms with van der Waals surface area (Å²) in [7, 11) is 0. The minimum absolute atomic E-state index is 0.0476. The Morgan fingerprint density at radius 1 is 1.29 bits per heavy atom. The molecule has 35 heavy (non-hydrogen) atoms. The molecule has 0 amide bonds. The summed E-state index contributed by atoms with van der Waals surface area (Å²) in [6.45, 7) is 4.98. The van der Waals surface area contributed by atoms with Crippen LogP contribution in [0.15, 0.2) is 23.4 Å². The van der Waals surface area contributed by atoms with E-state index in [1.54, 1.807) is 13.0 Å². The molecule has 0 aliphatic carbocycles. The summed E-state index contributed by atoms with van der Waals surface area (Å²) in [5.41, 5.74) is 0.0110. The number of aromatic carboxylic acids is 1. The highest BCUT2D eigenvalue weighted by Crippen LogP contribution is 2.30. The third-order valence-corrected chi connectivity index (χ3v) is 7.53. The smallest absolute Gasteiger partial charge is 0.341 e. The molecule has 2 aliphatic rings. The summed E-state index contributed by atoms with van der Waals surface area (Å²) < 4.78 is 11.4. The molecule has 0 spiro atoms. The molecule has 2 saturated heterocycles. The number of carbonyl (C=O) groups is 2. The van der Waals surface area contributed by atoms with Gasteiger partial charge in [0.05, 0.1) is 23.5 Å². The third-order valence-electron chi connectivity index (χ3n) is 6.86. The van der Waals surface area contributed by atoms with E-state index in [4.69, 9.17) is 9.72 Å². The molecule has 0 radical (unpaired) electrons. The molecule has 0 aromatic carbocycles. The lowest BCUT2D eigenvalue weighted by Crippen LogP contribution is -2.51. The Balaban J connectivity index is 1.36. The molecule has 0 saturated carbocycles. The Bertz CT molecular complexity index is 1330. The molecule has 184 valence electrons. The quantitative estimate of drug-likeness (QED) is 0.524. The van der Waals surface area contributed by atoms with Gasteiger partial charge in [0.2, 0.25) is 10.6 Å². The zero-order chi connectivity index (χ0) is 24.7. The number of ketones is 1. The molecule has 0 bridgehead atoms. The lowest BCUT2D eigenvalue weighted by atomic mass is 9.90. The van der Waals surface area contributed by atoms with E-state index in [2.05, 4.69) is 16.3 Å². The van der Waals surface area contributed by atoms with Crippen molar-refractivity contribution >= 4 is 40.1 Å². The second-order valence-corrected chi connectivity index (χ2v) is 10.1. The number of aromatic nitrogens is 4. The van der Waals surface area contributed by atoms with Crippen LogP contribution in [0.2, 0.25) is 0 Å². The molecule has 2 unspecified atom stereocenters. The van der Waals surface area contributed by atoms with Gasteiger partial charge in [-0.25, -0.2) is 14.8 Å². The SMILES string of the molecule is Cc1cc(N2CC(C(=O)CCC3CCCC(C)O3)C2)nc2c1c(=O)c(C(=O)O)cn2-c1ncns1. The average Bonchev–Trinajstić information content (AvgIpc) is 3.31. The van der Waals surface area contributed by atoms with Gasteiger partial charge in [-0.15, -0.1) is 0 Å². The Labute approximate surface area is 205 Å².